The maximum absolute atomic E-state index is 12.4. The number of pyridine rings is 1. The number of likely N-dealkylation sites (tertiary alicyclic amines) is 1. The van der Waals surface area contributed by atoms with E-state index in [9.17, 15) is 4.79 Å². The molecule has 0 radical (unpaired) electrons. The quantitative estimate of drug-likeness (QED) is 0.194. The Morgan fingerprint density at radius 3 is 2.78 bits per heavy atom. The number of nitrogens with one attached hydrogen (secondary N) is 2. The van der Waals surface area contributed by atoms with Gasteiger partial charge in [-0.15, -0.1) is 0 Å². The van der Waals surface area contributed by atoms with Crippen molar-refractivity contribution in [3.63, 3.8) is 0 Å². The average Bonchev–Trinajstić information content (AvgIpc) is 3.62. The van der Waals surface area contributed by atoms with Gasteiger partial charge < -0.3 is 15.0 Å². The summed E-state index contributed by atoms with van der Waals surface area (Å²) in [5, 5.41) is 12.4. The molecule has 3 aromatic heterocycles. The molecule has 11 nitrogen and oxygen atoms in total. The van der Waals surface area contributed by atoms with Gasteiger partial charge >= 0.3 is 0 Å². The first kappa shape index (κ1) is 24.3. The van der Waals surface area contributed by atoms with E-state index in [1.807, 2.05) is 24.3 Å². The van der Waals surface area contributed by atoms with Crippen LogP contribution in [0.2, 0.25) is 0 Å². The summed E-state index contributed by atoms with van der Waals surface area (Å²) in [6, 6.07) is 12.7. The molecular formula is C26H29N9O2. The summed E-state index contributed by atoms with van der Waals surface area (Å²) in [5.41, 5.74) is 5.02. The number of anilines is 1. The van der Waals surface area contributed by atoms with Crippen LogP contribution in [0.3, 0.4) is 0 Å². The third kappa shape index (κ3) is 5.89. The maximum atomic E-state index is 12.4. The lowest BCUT2D eigenvalue weighted by atomic mass is 10.1. The maximum Gasteiger partial charge on any atom is 0.251 e. The van der Waals surface area contributed by atoms with Crippen molar-refractivity contribution >= 4 is 29.0 Å². The predicted octanol–water partition coefficient (Wildman–Crippen LogP) is 2.88. The van der Waals surface area contributed by atoms with Gasteiger partial charge in [0, 0.05) is 18.2 Å². The van der Waals surface area contributed by atoms with Gasteiger partial charge in [0.2, 0.25) is 5.88 Å². The summed E-state index contributed by atoms with van der Waals surface area (Å²) in [6.07, 6.45) is 8.30. The number of rotatable bonds is 10. The van der Waals surface area contributed by atoms with Crippen molar-refractivity contribution in [3.8, 4) is 11.7 Å². The van der Waals surface area contributed by atoms with Crippen molar-refractivity contribution < 1.29 is 9.53 Å². The molecule has 11 heteroatoms. The molecule has 1 aromatic carbocycles. The highest BCUT2D eigenvalue weighted by Gasteiger charge is 2.13. The van der Waals surface area contributed by atoms with Crippen molar-refractivity contribution in [1.82, 2.24) is 34.9 Å². The summed E-state index contributed by atoms with van der Waals surface area (Å²) < 4.78 is 6.82. The minimum Gasteiger partial charge on any atom is -0.481 e. The lowest BCUT2D eigenvalue weighted by Crippen LogP contribution is -2.28. The second kappa shape index (κ2) is 11.6. The van der Waals surface area contributed by atoms with Crippen LogP contribution >= 0.6 is 0 Å². The first-order chi connectivity index (χ1) is 18.2. The Morgan fingerprint density at radius 1 is 1.14 bits per heavy atom. The van der Waals surface area contributed by atoms with Crippen molar-refractivity contribution in [2.45, 2.75) is 19.3 Å². The summed E-state index contributed by atoms with van der Waals surface area (Å²) >= 11 is 0. The van der Waals surface area contributed by atoms with E-state index in [1.165, 1.54) is 32.3 Å². The Morgan fingerprint density at radius 2 is 1.97 bits per heavy atom. The Bertz CT molecular complexity index is 1380. The molecule has 1 saturated heterocycles. The lowest BCUT2D eigenvalue weighted by Gasteiger charge is -2.14. The van der Waals surface area contributed by atoms with Gasteiger partial charge in [-0.25, -0.2) is 9.97 Å². The van der Waals surface area contributed by atoms with E-state index in [4.69, 9.17) is 4.74 Å². The summed E-state index contributed by atoms with van der Waals surface area (Å²) in [5.74, 6) is 1.52. The van der Waals surface area contributed by atoms with Gasteiger partial charge in [-0.3, -0.25) is 10.2 Å². The molecule has 0 bridgehead atoms. The smallest absolute Gasteiger partial charge is 0.251 e. The highest BCUT2D eigenvalue weighted by atomic mass is 16.5. The van der Waals surface area contributed by atoms with Crippen LogP contribution in [0.1, 0.15) is 35.2 Å². The number of ether oxygens (including phenoxy) is 1. The van der Waals surface area contributed by atoms with Crippen molar-refractivity contribution in [2.24, 2.45) is 5.10 Å². The number of carbonyl (C=O) groups is 1. The zero-order chi connectivity index (χ0) is 25.5. The molecule has 1 amide bonds. The average molecular weight is 500 g/mol. The zero-order valence-electron chi connectivity index (χ0n) is 20.7. The number of amides is 1. The third-order valence-electron chi connectivity index (χ3n) is 6.19. The second-order valence-electron chi connectivity index (χ2n) is 8.70. The summed E-state index contributed by atoms with van der Waals surface area (Å²) in [4.78, 5) is 27.9. The number of fused-ring (bicyclic) bond motifs is 1. The molecule has 0 spiro atoms. The number of hydrazone groups is 1. The fourth-order valence-electron chi connectivity index (χ4n) is 4.24. The number of aromatic nitrogens is 5. The fourth-order valence-corrected chi connectivity index (χ4v) is 4.24. The van der Waals surface area contributed by atoms with Crippen LogP contribution in [0.4, 0.5) is 5.82 Å². The number of benzene rings is 1. The van der Waals surface area contributed by atoms with Crippen LogP contribution in [0.15, 0.2) is 60.1 Å². The van der Waals surface area contributed by atoms with E-state index in [0.717, 1.165) is 18.5 Å². The molecule has 190 valence electrons. The van der Waals surface area contributed by atoms with Gasteiger partial charge in [0.25, 0.3) is 5.91 Å². The largest absolute Gasteiger partial charge is 0.481 e. The molecule has 5 rings (SSSR count). The molecular weight excluding hydrogens is 470 g/mol. The van der Waals surface area contributed by atoms with Crippen molar-refractivity contribution in [1.29, 1.82) is 0 Å². The van der Waals surface area contributed by atoms with E-state index >= 15 is 0 Å². The van der Waals surface area contributed by atoms with Crippen LogP contribution < -0.4 is 15.5 Å². The Balaban J connectivity index is 1.18. The van der Waals surface area contributed by atoms with Crippen LogP contribution in [0.5, 0.6) is 5.88 Å². The minimum absolute atomic E-state index is 0.0612. The molecule has 1 aliphatic heterocycles. The minimum atomic E-state index is -0.0612. The van der Waals surface area contributed by atoms with Gasteiger partial charge in [0.05, 0.1) is 24.9 Å². The zero-order valence-corrected chi connectivity index (χ0v) is 20.7. The number of methoxy groups -OCH3 is 1. The molecule has 0 saturated carbocycles. The first-order valence-electron chi connectivity index (χ1n) is 12.3. The predicted molar refractivity (Wildman–Crippen MR) is 141 cm³/mol. The molecule has 1 aliphatic rings. The molecule has 4 aromatic rings. The number of hydrogen-bond acceptors (Lipinski definition) is 9. The van der Waals surface area contributed by atoms with Crippen LogP contribution in [-0.4, -0.2) is 75.0 Å². The first-order valence-corrected chi connectivity index (χ1v) is 12.3. The number of hydrogen-bond donors (Lipinski definition) is 2. The van der Waals surface area contributed by atoms with Crippen LogP contribution in [0.25, 0.3) is 16.9 Å². The summed E-state index contributed by atoms with van der Waals surface area (Å²) in [7, 11) is 1.56. The van der Waals surface area contributed by atoms with Crippen molar-refractivity contribution in [3.05, 3.63) is 66.1 Å². The third-order valence-corrected chi connectivity index (χ3v) is 6.19. The van der Waals surface area contributed by atoms with Crippen LogP contribution in [-0.2, 0) is 0 Å². The topological polar surface area (TPSA) is 122 Å². The monoisotopic (exact) mass is 499 g/mol. The molecule has 37 heavy (non-hydrogen) atoms. The molecule has 0 atom stereocenters. The van der Waals surface area contributed by atoms with E-state index < -0.39 is 0 Å². The van der Waals surface area contributed by atoms with E-state index in [2.05, 4.69) is 40.8 Å². The Labute approximate surface area is 214 Å². The van der Waals surface area contributed by atoms with Gasteiger partial charge in [-0.1, -0.05) is 18.2 Å². The van der Waals surface area contributed by atoms with Gasteiger partial charge in [-0.2, -0.15) is 19.9 Å². The Kier molecular flexibility index (Phi) is 7.60. The molecule has 0 unspecified atom stereocenters. The molecule has 0 aliphatic carbocycles. The number of nitrogens with zero attached hydrogens (tertiary/aromatic N) is 7. The van der Waals surface area contributed by atoms with Crippen LogP contribution in [0, 0.1) is 0 Å². The van der Waals surface area contributed by atoms with Gasteiger partial charge in [0.15, 0.2) is 17.3 Å². The normalized spacial score (nSPS) is 13.9. The highest BCUT2D eigenvalue weighted by Crippen LogP contribution is 2.21. The Hall–Kier alpha value is -4.38. The van der Waals surface area contributed by atoms with E-state index in [0.29, 0.717) is 40.7 Å². The van der Waals surface area contributed by atoms with E-state index in [1.54, 1.807) is 42.4 Å². The van der Waals surface area contributed by atoms with E-state index in [-0.39, 0.29) is 5.91 Å². The highest BCUT2D eigenvalue weighted by molar-refractivity contribution is 5.95. The SMILES string of the molecule is COc1cccc(-n2ncc3c(NN=Cc4ccc(C(=O)NCCCN5CCCC5)cc4)ncnc32)n1. The van der Waals surface area contributed by atoms with Gasteiger partial charge in [0.1, 0.15) is 6.33 Å². The molecule has 2 N–H and O–H groups in total. The van der Waals surface area contributed by atoms with Gasteiger partial charge in [-0.05, 0) is 62.7 Å². The number of carbonyl (C=O) groups excluding carboxylic acids is 1. The second-order valence-corrected chi connectivity index (χ2v) is 8.70. The molecule has 4 heterocycles. The standard InChI is InChI=1S/C26H29N9O2/c1-37-23-7-4-6-22(32-23)35-25-21(17-31-35)24(28-18-29-25)33-30-16-19-8-10-20(11-9-19)26(36)27-12-5-15-34-13-2-3-14-34/h4,6-11,16-18H,2-3,5,12-15H2,1H3,(H,27,36)(H,28,29,33). The lowest BCUT2D eigenvalue weighted by molar-refractivity contribution is 0.0952. The molecule has 1 fully saturated rings. The summed E-state index contributed by atoms with van der Waals surface area (Å²) in [6.45, 7) is 4.08. The van der Waals surface area contributed by atoms with Crippen molar-refractivity contribution in [2.75, 3.05) is 38.7 Å². The fraction of sp³-hybridized carbons (Fsp3) is 0.308.